The van der Waals surface area contributed by atoms with Crippen LogP contribution in [0.2, 0.25) is 0 Å². The van der Waals surface area contributed by atoms with Crippen molar-refractivity contribution in [2.75, 3.05) is 44.8 Å². The van der Waals surface area contributed by atoms with Crippen molar-refractivity contribution in [3.63, 3.8) is 0 Å². The van der Waals surface area contributed by atoms with E-state index in [1.807, 2.05) is 35.9 Å². The molecule has 1 atom stereocenters. The largest absolute Gasteiger partial charge is 0.497 e. The van der Waals surface area contributed by atoms with Crippen LogP contribution in [0.5, 0.6) is 11.5 Å². The van der Waals surface area contributed by atoms with E-state index in [1.165, 1.54) is 11.3 Å². The second-order valence-corrected chi connectivity index (χ2v) is 8.20. The Hall–Kier alpha value is -3.13. The third kappa shape index (κ3) is 4.70. The Morgan fingerprint density at radius 1 is 0.906 bits per heavy atom. The molecular formula is C24H32N6O2. The summed E-state index contributed by atoms with van der Waals surface area (Å²) in [6.07, 6.45) is 0. The molecule has 0 saturated carbocycles. The molecular weight excluding hydrogens is 404 g/mol. The number of nitrogens with zero attached hydrogens (tertiary/aromatic N) is 6. The summed E-state index contributed by atoms with van der Waals surface area (Å²) in [4.78, 5) is 4.89. The summed E-state index contributed by atoms with van der Waals surface area (Å²) in [7, 11) is 1.69. The topological polar surface area (TPSA) is 68.5 Å². The molecule has 1 saturated heterocycles. The molecule has 0 amide bonds. The van der Waals surface area contributed by atoms with Crippen molar-refractivity contribution in [3.8, 4) is 11.5 Å². The van der Waals surface area contributed by atoms with Gasteiger partial charge >= 0.3 is 0 Å². The van der Waals surface area contributed by atoms with Gasteiger partial charge in [0.1, 0.15) is 11.5 Å². The van der Waals surface area contributed by atoms with E-state index < -0.39 is 0 Å². The van der Waals surface area contributed by atoms with Crippen molar-refractivity contribution in [2.24, 2.45) is 0 Å². The van der Waals surface area contributed by atoms with Gasteiger partial charge in [-0.25, -0.2) is 4.68 Å². The number of anilines is 1. The molecule has 8 heteroatoms. The molecule has 2 aromatic carbocycles. The maximum absolute atomic E-state index is 5.64. The predicted molar refractivity (Wildman–Crippen MR) is 124 cm³/mol. The number of tetrazole rings is 1. The number of piperazine rings is 1. The molecule has 1 aromatic heterocycles. The lowest BCUT2D eigenvalue weighted by molar-refractivity contribution is 0.199. The first-order chi connectivity index (χ1) is 15.6. The number of hydrogen-bond acceptors (Lipinski definition) is 7. The molecule has 1 aliphatic rings. The SMILES string of the molecule is CCOc1ccc([C@@H](c2nnnn2C(C)C)N2CCN(c3ccc(OC)cc3)CC2)cc1. The third-order valence-electron chi connectivity index (χ3n) is 5.88. The van der Waals surface area contributed by atoms with Crippen LogP contribution in [0, 0.1) is 0 Å². The van der Waals surface area contributed by atoms with E-state index in [0.29, 0.717) is 6.61 Å². The first kappa shape index (κ1) is 22.1. The highest BCUT2D eigenvalue weighted by Crippen LogP contribution is 2.31. The van der Waals surface area contributed by atoms with E-state index in [9.17, 15) is 0 Å². The molecule has 0 aliphatic carbocycles. The Balaban J connectivity index is 1.57. The summed E-state index contributed by atoms with van der Waals surface area (Å²) in [6.45, 7) is 10.6. The van der Waals surface area contributed by atoms with Crippen LogP contribution in [0.25, 0.3) is 0 Å². The van der Waals surface area contributed by atoms with Gasteiger partial charge in [-0.15, -0.1) is 5.10 Å². The zero-order valence-corrected chi connectivity index (χ0v) is 19.3. The van der Waals surface area contributed by atoms with E-state index in [4.69, 9.17) is 9.47 Å². The Kier molecular flexibility index (Phi) is 6.90. The molecule has 1 aliphatic heterocycles. The van der Waals surface area contributed by atoms with Crippen molar-refractivity contribution >= 4 is 5.69 Å². The van der Waals surface area contributed by atoms with Crippen molar-refractivity contribution in [1.29, 1.82) is 0 Å². The van der Waals surface area contributed by atoms with Gasteiger partial charge in [0.15, 0.2) is 5.82 Å². The average Bonchev–Trinajstić information content (AvgIpc) is 3.31. The summed E-state index contributed by atoms with van der Waals surface area (Å²) in [5, 5.41) is 12.7. The molecule has 3 aromatic rings. The summed E-state index contributed by atoms with van der Waals surface area (Å²) in [6, 6.07) is 16.8. The molecule has 170 valence electrons. The number of methoxy groups -OCH3 is 1. The molecule has 1 fully saturated rings. The summed E-state index contributed by atoms with van der Waals surface area (Å²) >= 11 is 0. The van der Waals surface area contributed by atoms with Crippen LogP contribution in [0.3, 0.4) is 0 Å². The maximum Gasteiger partial charge on any atom is 0.173 e. The Bertz CT molecular complexity index is 978. The average molecular weight is 437 g/mol. The van der Waals surface area contributed by atoms with Gasteiger partial charge in [0, 0.05) is 31.9 Å². The zero-order chi connectivity index (χ0) is 22.5. The number of rotatable bonds is 8. The van der Waals surface area contributed by atoms with Crippen molar-refractivity contribution in [3.05, 3.63) is 59.9 Å². The molecule has 0 radical (unpaired) electrons. The first-order valence-corrected chi connectivity index (χ1v) is 11.2. The molecule has 8 nitrogen and oxygen atoms in total. The minimum absolute atomic E-state index is 0.0129. The van der Waals surface area contributed by atoms with Gasteiger partial charge in [-0.1, -0.05) is 12.1 Å². The maximum atomic E-state index is 5.64. The molecule has 2 heterocycles. The van der Waals surface area contributed by atoms with Crippen LogP contribution >= 0.6 is 0 Å². The van der Waals surface area contributed by atoms with Gasteiger partial charge < -0.3 is 14.4 Å². The highest BCUT2D eigenvalue weighted by molar-refractivity contribution is 5.49. The Morgan fingerprint density at radius 2 is 1.56 bits per heavy atom. The van der Waals surface area contributed by atoms with E-state index in [2.05, 4.69) is 63.4 Å². The van der Waals surface area contributed by atoms with Crippen LogP contribution in [-0.2, 0) is 0 Å². The highest BCUT2D eigenvalue weighted by Gasteiger charge is 2.31. The lowest BCUT2D eigenvalue weighted by atomic mass is 10.0. The van der Waals surface area contributed by atoms with Gasteiger partial charge in [-0.2, -0.15) is 0 Å². The lowest BCUT2D eigenvalue weighted by Gasteiger charge is -2.40. The highest BCUT2D eigenvalue weighted by atomic mass is 16.5. The van der Waals surface area contributed by atoms with Crippen molar-refractivity contribution in [1.82, 2.24) is 25.1 Å². The Morgan fingerprint density at radius 3 is 2.16 bits per heavy atom. The predicted octanol–water partition coefficient (Wildman–Crippen LogP) is 3.57. The first-order valence-electron chi connectivity index (χ1n) is 11.2. The van der Waals surface area contributed by atoms with E-state index in [-0.39, 0.29) is 12.1 Å². The lowest BCUT2D eigenvalue weighted by Crippen LogP contribution is -2.48. The number of ether oxygens (including phenoxy) is 2. The monoisotopic (exact) mass is 436 g/mol. The normalized spacial score (nSPS) is 15.7. The quantitative estimate of drug-likeness (QED) is 0.535. The fourth-order valence-corrected chi connectivity index (χ4v) is 4.22. The van der Waals surface area contributed by atoms with Crippen LogP contribution in [0.1, 0.15) is 44.2 Å². The van der Waals surface area contributed by atoms with Gasteiger partial charge in [0.05, 0.1) is 25.8 Å². The molecule has 32 heavy (non-hydrogen) atoms. The zero-order valence-electron chi connectivity index (χ0n) is 19.3. The van der Waals surface area contributed by atoms with Crippen molar-refractivity contribution in [2.45, 2.75) is 32.9 Å². The van der Waals surface area contributed by atoms with Crippen LogP contribution < -0.4 is 14.4 Å². The second-order valence-electron chi connectivity index (χ2n) is 8.20. The van der Waals surface area contributed by atoms with E-state index >= 15 is 0 Å². The smallest absolute Gasteiger partial charge is 0.173 e. The molecule has 0 bridgehead atoms. The summed E-state index contributed by atoms with van der Waals surface area (Å²) in [5.74, 6) is 2.63. The van der Waals surface area contributed by atoms with Gasteiger partial charge in [0.25, 0.3) is 0 Å². The fourth-order valence-electron chi connectivity index (χ4n) is 4.22. The summed E-state index contributed by atoms with van der Waals surface area (Å²) < 4.78 is 12.9. The van der Waals surface area contributed by atoms with Crippen LogP contribution in [0.15, 0.2) is 48.5 Å². The van der Waals surface area contributed by atoms with Gasteiger partial charge in [-0.05, 0) is 73.2 Å². The third-order valence-corrected chi connectivity index (χ3v) is 5.88. The minimum atomic E-state index is -0.0129. The van der Waals surface area contributed by atoms with Crippen LogP contribution in [0.4, 0.5) is 5.69 Å². The van der Waals surface area contributed by atoms with E-state index in [1.54, 1.807) is 7.11 Å². The second kappa shape index (κ2) is 9.99. The number of benzene rings is 2. The number of hydrogen-bond donors (Lipinski definition) is 0. The van der Waals surface area contributed by atoms with Crippen LogP contribution in [-0.4, -0.2) is 65.0 Å². The standard InChI is InChI=1S/C24H32N6O2/c1-5-32-22-10-6-19(7-11-22)23(24-25-26-27-30(24)18(2)3)29-16-14-28(15-17-29)20-8-12-21(31-4)13-9-20/h6-13,18,23H,5,14-17H2,1-4H3/t23-/m0/s1. The Labute approximate surface area is 189 Å². The van der Waals surface area contributed by atoms with Gasteiger partial charge in [-0.3, -0.25) is 4.90 Å². The summed E-state index contributed by atoms with van der Waals surface area (Å²) in [5.41, 5.74) is 2.39. The van der Waals surface area contributed by atoms with E-state index in [0.717, 1.165) is 43.5 Å². The molecule has 0 unspecified atom stereocenters. The number of aromatic nitrogens is 4. The molecule has 0 spiro atoms. The molecule has 4 rings (SSSR count). The molecule has 0 N–H and O–H groups in total. The minimum Gasteiger partial charge on any atom is -0.497 e. The fraction of sp³-hybridized carbons (Fsp3) is 0.458. The van der Waals surface area contributed by atoms with Gasteiger partial charge in [0.2, 0.25) is 0 Å². The van der Waals surface area contributed by atoms with Crippen molar-refractivity contribution < 1.29 is 9.47 Å².